The first-order valence-corrected chi connectivity index (χ1v) is 5.77. The standard InChI is InChI=1S/C11H20N2O2.ClH/c1-15-10(6-12)11(14)13-9-5-7-2-3-8(9)4-7;/h7-10H,2-6,12H2,1H3,(H,13,14);1H. The fourth-order valence-electron chi connectivity index (χ4n) is 3.01. The Kier molecular flexibility index (Phi) is 5.02. The van der Waals surface area contributed by atoms with Crippen molar-refractivity contribution in [1.82, 2.24) is 5.32 Å². The number of hydrogen-bond donors (Lipinski definition) is 2. The molecule has 0 aromatic heterocycles. The maximum absolute atomic E-state index is 11.7. The smallest absolute Gasteiger partial charge is 0.250 e. The van der Waals surface area contributed by atoms with Crippen LogP contribution in [0.3, 0.4) is 0 Å². The van der Waals surface area contributed by atoms with Crippen LogP contribution < -0.4 is 11.1 Å². The Hall–Kier alpha value is -0.320. The molecule has 94 valence electrons. The number of methoxy groups -OCH3 is 1. The molecule has 2 rings (SSSR count). The zero-order valence-electron chi connectivity index (χ0n) is 9.65. The summed E-state index contributed by atoms with van der Waals surface area (Å²) in [7, 11) is 1.53. The molecular formula is C11H21ClN2O2. The van der Waals surface area contributed by atoms with Crippen LogP contribution in [0.5, 0.6) is 0 Å². The highest BCUT2D eigenvalue weighted by Crippen LogP contribution is 2.44. The quantitative estimate of drug-likeness (QED) is 0.769. The van der Waals surface area contributed by atoms with E-state index < -0.39 is 6.10 Å². The van der Waals surface area contributed by atoms with Crippen LogP contribution in [0, 0.1) is 11.8 Å². The lowest BCUT2D eigenvalue weighted by atomic mass is 9.95. The second-order valence-electron chi connectivity index (χ2n) is 4.75. The molecule has 16 heavy (non-hydrogen) atoms. The summed E-state index contributed by atoms with van der Waals surface area (Å²) in [5, 5.41) is 3.07. The molecule has 2 fully saturated rings. The Morgan fingerprint density at radius 2 is 2.25 bits per heavy atom. The summed E-state index contributed by atoms with van der Waals surface area (Å²) >= 11 is 0. The van der Waals surface area contributed by atoms with Crippen LogP contribution in [0.25, 0.3) is 0 Å². The normalized spacial score (nSPS) is 33.2. The minimum Gasteiger partial charge on any atom is -0.370 e. The third-order valence-electron chi connectivity index (χ3n) is 3.86. The fraction of sp³-hybridized carbons (Fsp3) is 0.909. The number of halogens is 1. The summed E-state index contributed by atoms with van der Waals surface area (Å²) in [6, 6.07) is 0.375. The number of nitrogens with two attached hydrogens (primary N) is 1. The SMILES string of the molecule is COC(CN)C(=O)NC1CC2CCC1C2.Cl. The summed E-state index contributed by atoms with van der Waals surface area (Å²) < 4.78 is 5.01. The van der Waals surface area contributed by atoms with Crippen molar-refractivity contribution in [2.75, 3.05) is 13.7 Å². The second-order valence-corrected chi connectivity index (χ2v) is 4.75. The van der Waals surface area contributed by atoms with Gasteiger partial charge in [0.25, 0.3) is 5.91 Å². The van der Waals surface area contributed by atoms with Crippen LogP contribution in [0.15, 0.2) is 0 Å². The molecule has 0 radical (unpaired) electrons. The number of amides is 1. The molecule has 5 heteroatoms. The van der Waals surface area contributed by atoms with E-state index >= 15 is 0 Å². The minimum atomic E-state index is -0.482. The summed E-state index contributed by atoms with van der Waals surface area (Å²) in [5.41, 5.74) is 5.45. The van der Waals surface area contributed by atoms with Crippen LogP contribution in [-0.4, -0.2) is 31.7 Å². The lowest BCUT2D eigenvalue weighted by Crippen LogP contribution is -2.46. The highest BCUT2D eigenvalue weighted by Gasteiger charge is 2.40. The highest BCUT2D eigenvalue weighted by atomic mass is 35.5. The van der Waals surface area contributed by atoms with Crippen LogP contribution >= 0.6 is 12.4 Å². The van der Waals surface area contributed by atoms with Gasteiger partial charge in [0.15, 0.2) is 0 Å². The van der Waals surface area contributed by atoms with Gasteiger partial charge in [0.1, 0.15) is 6.10 Å². The molecule has 2 aliphatic carbocycles. The van der Waals surface area contributed by atoms with Crippen LogP contribution in [-0.2, 0) is 9.53 Å². The van der Waals surface area contributed by atoms with Gasteiger partial charge in [-0.25, -0.2) is 0 Å². The molecule has 2 aliphatic rings. The largest absolute Gasteiger partial charge is 0.370 e. The lowest BCUT2D eigenvalue weighted by Gasteiger charge is -2.24. The molecule has 4 unspecified atom stereocenters. The van der Waals surface area contributed by atoms with E-state index in [1.165, 1.54) is 26.4 Å². The summed E-state index contributed by atoms with van der Waals surface area (Å²) in [6.07, 6.45) is 4.59. The molecule has 4 nitrogen and oxygen atoms in total. The maximum atomic E-state index is 11.7. The van der Waals surface area contributed by atoms with Crippen LogP contribution in [0.2, 0.25) is 0 Å². The average Bonchev–Trinajstić information content (AvgIpc) is 2.81. The van der Waals surface area contributed by atoms with Crippen molar-refractivity contribution in [3.63, 3.8) is 0 Å². The van der Waals surface area contributed by atoms with Crippen molar-refractivity contribution in [3.05, 3.63) is 0 Å². The van der Waals surface area contributed by atoms with Crippen LogP contribution in [0.4, 0.5) is 0 Å². The average molecular weight is 249 g/mol. The van der Waals surface area contributed by atoms with Gasteiger partial charge in [-0.2, -0.15) is 0 Å². The van der Waals surface area contributed by atoms with Crippen molar-refractivity contribution >= 4 is 18.3 Å². The number of nitrogens with one attached hydrogen (secondary N) is 1. The van der Waals surface area contributed by atoms with Crippen molar-refractivity contribution in [3.8, 4) is 0 Å². The molecule has 4 atom stereocenters. The first kappa shape index (κ1) is 13.7. The Morgan fingerprint density at radius 3 is 2.69 bits per heavy atom. The van der Waals surface area contributed by atoms with E-state index in [1.54, 1.807) is 0 Å². The second kappa shape index (κ2) is 5.84. The van der Waals surface area contributed by atoms with E-state index in [2.05, 4.69) is 5.32 Å². The molecule has 0 saturated heterocycles. The van der Waals surface area contributed by atoms with E-state index in [-0.39, 0.29) is 24.9 Å². The van der Waals surface area contributed by atoms with E-state index in [0.29, 0.717) is 12.0 Å². The summed E-state index contributed by atoms with van der Waals surface area (Å²) in [4.78, 5) is 11.7. The number of carbonyl (C=O) groups is 1. The molecule has 2 bridgehead atoms. The molecule has 0 aliphatic heterocycles. The predicted molar refractivity (Wildman–Crippen MR) is 64.5 cm³/mol. The van der Waals surface area contributed by atoms with E-state index in [1.807, 2.05) is 0 Å². The highest BCUT2D eigenvalue weighted by molar-refractivity contribution is 5.85. The van der Waals surface area contributed by atoms with Gasteiger partial charge in [0.2, 0.25) is 0 Å². The number of hydrogen-bond acceptors (Lipinski definition) is 3. The van der Waals surface area contributed by atoms with Gasteiger partial charge < -0.3 is 15.8 Å². The molecule has 0 aromatic carbocycles. The third kappa shape index (κ3) is 2.67. The third-order valence-corrected chi connectivity index (χ3v) is 3.86. The Balaban J connectivity index is 0.00000128. The van der Waals surface area contributed by atoms with Gasteiger partial charge in [-0.05, 0) is 31.1 Å². The van der Waals surface area contributed by atoms with Crippen molar-refractivity contribution in [2.45, 2.75) is 37.8 Å². The topological polar surface area (TPSA) is 64.3 Å². The van der Waals surface area contributed by atoms with Gasteiger partial charge in [-0.15, -0.1) is 12.4 Å². The van der Waals surface area contributed by atoms with E-state index in [0.717, 1.165) is 12.3 Å². The van der Waals surface area contributed by atoms with Gasteiger partial charge in [0, 0.05) is 19.7 Å². The van der Waals surface area contributed by atoms with E-state index in [4.69, 9.17) is 10.5 Å². The number of rotatable bonds is 4. The maximum Gasteiger partial charge on any atom is 0.250 e. The fourth-order valence-corrected chi connectivity index (χ4v) is 3.01. The van der Waals surface area contributed by atoms with Gasteiger partial charge in [0.05, 0.1) is 0 Å². The molecule has 3 N–H and O–H groups in total. The molecule has 0 heterocycles. The monoisotopic (exact) mass is 248 g/mol. The predicted octanol–water partition coefficient (Wildman–Crippen LogP) is 0.687. The molecule has 0 aromatic rings. The van der Waals surface area contributed by atoms with Gasteiger partial charge in [-0.1, -0.05) is 6.42 Å². The number of fused-ring (bicyclic) bond motifs is 2. The Labute approximate surface area is 103 Å². The zero-order valence-corrected chi connectivity index (χ0v) is 10.5. The minimum absolute atomic E-state index is 0. The van der Waals surface area contributed by atoms with Crippen LogP contribution in [0.1, 0.15) is 25.7 Å². The summed E-state index contributed by atoms with van der Waals surface area (Å²) in [5.74, 6) is 1.51. The van der Waals surface area contributed by atoms with Crippen molar-refractivity contribution in [1.29, 1.82) is 0 Å². The zero-order chi connectivity index (χ0) is 10.8. The van der Waals surface area contributed by atoms with E-state index in [9.17, 15) is 4.79 Å². The van der Waals surface area contributed by atoms with Crippen molar-refractivity contribution in [2.24, 2.45) is 17.6 Å². The lowest BCUT2D eigenvalue weighted by molar-refractivity contribution is -0.131. The Bertz CT molecular complexity index is 246. The molecule has 1 amide bonds. The molecule has 2 saturated carbocycles. The van der Waals surface area contributed by atoms with Gasteiger partial charge >= 0.3 is 0 Å². The molecule has 0 spiro atoms. The van der Waals surface area contributed by atoms with Crippen molar-refractivity contribution < 1.29 is 9.53 Å². The van der Waals surface area contributed by atoms with Gasteiger partial charge in [-0.3, -0.25) is 4.79 Å². The Morgan fingerprint density at radius 1 is 1.50 bits per heavy atom. The summed E-state index contributed by atoms with van der Waals surface area (Å²) in [6.45, 7) is 0.253. The molecular weight excluding hydrogens is 228 g/mol. The number of carbonyl (C=O) groups excluding carboxylic acids is 1. The number of ether oxygens (including phenoxy) is 1. The first-order chi connectivity index (χ1) is 7.24. The first-order valence-electron chi connectivity index (χ1n) is 5.77.